The highest BCUT2D eigenvalue weighted by atomic mass is 32.2. The number of methoxy groups -OCH3 is 3. The SMILES string of the molecule is COc1ccc(COC(=O)C(C(=O)N[C@]2(OC)C(=O)N3C(C(=O)OC(c4ccccc4)c4ccccc4)=C(CSc4nnc(CC(=O)O)s4)CS[C@H]32)c2ccccc2OCc2ccc(OC)cc2)cc1. The topological polar surface area (TPSA) is 202 Å². The Morgan fingerprint density at radius 1 is 0.800 bits per heavy atom. The van der Waals surface area contributed by atoms with Crippen LogP contribution >= 0.6 is 34.9 Å². The number of carbonyl (C=O) groups is 5. The first-order valence-electron chi connectivity index (χ1n) is 21.7. The fraction of sp³-hybridized carbons (Fsp3) is 0.235. The first-order chi connectivity index (χ1) is 34.0. The Morgan fingerprint density at radius 2 is 1.40 bits per heavy atom. The molecule has 8 rings (SSSR count). The van der Waals surface area contributed by atoms with Gasteiger partial charge in [-0.3, -0.25) is 24.1 Å². The van der Waals surface area contributed by atoms with Crippen molar-refractivity contribution in [1.29, 1.82) is 0 Å². The van der Waals surface area contributed by atoms with Crippen molar-refractivity contribution in [3.05, 3.63) is 178 Å². The van der Waals surface area contributed by atoms with Gasteiger partial charge in [0.15, 0.2) is 16.4 Å². The molecule has 0 saturated carbocycles. The van der Waals surface area contributed by atoms with Gasteiger partial charge in [-0.05, 0) is 58.2 Å². The van der Waals surface area contributed by atoms with Gasteiger partial charge in [-0.25, -0.2) is 4.79 Å². The van der Waals surface area contributed by atoms with E-state index in [2.05, 4.69) is 15.5 Å². The summed E-state index contributed by atoms with van der Waals surface area (Å²) >= 11 is 3.57. The molecule has 0 bridgehead atoms. The smallest absolute Gasteiger partial charge is 0.356 e. The van der Waals surface area contributed by atoms with Crippen LogP contribution in [0.5, 0.6) is 17.2 Å². The number of nitrogens with one attached hydrogen (secondary N) is 1. The molecule has 0 radical (unpaired) electrons. The van der Waals surface area contributed by atoms with E-state index in [0.717, 1.165) is 16.9 Å². The molecule has 0 spiro atoms. The Hall–Kier alpha value is -7.19. The van der Waals surface area contributed by atoms with Gasteiger partial charge in [-0.2, -0.15) is 0 Å². The van der Waals surface area contributed by atoms with E-state index in [1.165, 1.54) is 42.6 Å². The molecule has 1 aromatic heterocycles. The summed E-state index contributed by atoms with van der Waals surface area (Å²) in [5, 5.41) is 19.5. The average Bonchev–Trinajstić information content (AvgIpc) is 3.84. The molecule has 5 aromatic carbocycles. The van der Waals surface area contributed by atoms with Gasteiger partial charge >= 0.3 is 17.9 Å². The summed E-state index contributed by atoms with van der Waals surface area (Å²) in [4.78, 5) is 71.6. The second-order valence-corrected chi connectivity index (χ2v) is 19.1. The van der Waals surface area contributed by atoms with E-state index >= 15 is 0 Å². The molecule has 70 heavy (non-hydrogen) atoms. The Labute approximate surface area is 415 Å². The molecule has 6 aromatic rings. The molecule has 1 saturated heterocycles. The number of thioether (sulfide) groups is 2. The van der Waals surface area contributed by atoms with E-state index in [4.69, 9.17) is 28.4 Å². The number of fused-ring (bicyclic) bond motifs is 1. The molecular formula is C51H46N4O12S3. The quantitative estimate of drug-likeness (QED) is 0.0238. The molecule has 2 N–H and O–H groups in total. The van der Waals surface area contributed by atoms with E-state index in [0.29, 0.717) is 43.1 Å². The van der Waals surface area contributed by atoms with Crippen molar-refractivity contribution in [3.63, 3.8) is 0 Å². The average molecular weight is 1000 g/mol. The van der Waals surface area contributed by atoms with Crippen LogP contribution in [0.25, 0.3) is 0 Å². The van der Waals surface area contributed by atoms with Crippen LogP contribution in [-0.2, 0) is 57.8 Å². The number of aliphatic carboxylic acids is 1. The van der Waals surface area contributed by atoms with E-state index < -0.39 is 52.8 Å². The molecule has 1 unspecified atom stereocenters. The van der Waals surface area contributed by atoms with E-state index in [-0.39, 0.29) is 48.2 Å². The largest absolute Gasteiger partial charge is 0.497 e. The number of rotatable bonds is 21. The van der Waals surface area contributed by atoms with Crippen LogP contribution in [0.4, 0.5) is 0 Å². The number of carboxylic acid groups (broad SMARTS) is 1. The number of β-lactam (4-membered cyclic amide) rings is 1. The van der Waals surface area contributed by atoms with Crippen molar-refractivity contribution in [1.82, 2.24) is 20.4 Å². The summed E-state index contributed by atoms with van der Waals surface area (Å²) in [6.07, 6.45) is -1.17. The lowest BCUT2D eigenvalue weighted by atomic mass is 9.93. The van der Waals surface area contributed by atoms with Crippen molar-refractivity contribution in [2.75, 3.05) is 32.8 Å². The number of ether oxygens (including phenoxy) is 6. The van der Waals surface area contributed by atoms with E-state index in [1.54, 1.807) is 67.8 Å². The van der Waals surface area contributed by atoms with Crippen molar-refractivity contribution in [3.8, 4) is 17.2 Å². The second kappa shape index (κ2) is 22.5. The second-order valence-electron chi connectivity index (χ2n) is 15.7. The molecule has 2 amide bonds. The zero-order valence-corrected chi connectivity index (χ0v) is 40.4. The molecule has 3 atom stereocenters. The predicted molar refractivity (Wildman–Crippen MR) is 260 cm³/mol. The number of esters is 2. The Kier molecular flexibility index (Phi) is 15.8. The monoisotopic (exact) mass is 1000 g/mol. The van der Waals surface area contributed by atoms with Crippen LogP contribution in [0.2, 0.25) is 0 Å². The highest BCUT2D eigenvalue weighted by molar-refractivity contribution is 8.01. The minimum Gasteiger partial charge on any atom is -0.497 e. The van der Waals surface area contributed by atoms with Crippen LogP contribution in [0.15, 0.2) is 149 Å². The molecule has 19 heteroatoms. The highest BCUT2D eigenvalue weighted by Crippen LogP contribution is 2.48. The summed E-state index contributed by atoms with van der Waals surface area (Å²) in [5.41, 5.74) is 1.35. The lowest BCUT2D eigenvalue weighted by molar-refractivity contribution is -0.193. The fourth-order valence-electron chi connectivity index (χ4n) is 7.76. The van der Waals surface area contributed by atoms with E-state index in [9.17, 15) is 29.1 Å². The van der Waals surface area contributed by atoms with Crippen LogP contribution in [0.3, 0.4) is 0 Å². The highest BCUT2D eigenvalue weighted by Gasteiger charge is 2.67. The number of amides is 2. The summed E-state index contributed by atoms with van der Waals surface area (Å²) < 4.78 is 35.4. The number of para-hydroxylation sites is 1. The van der Waals surface area contributed by atoms with Crippen molar-refractivity contribution < 1.29 is 57.5 Å². The predicted octanol–water partition coefficient (Wildman–Crippen LogP) is 7.34. The molecule has 0 aliphatic carbocycles. The summed E-state index contributed by atoms with van der Waals surface area (Å²) in [6.45, 7) is -0.113. The summed E-state index contributed by atoms with van der Waals surface area (Å²) in [7, 11) is 4.36. The van der Waals surface area contributed by atoms with Gasteiger partial charge in [0.2, 0.25) is 5.91 Å². The number of hydrogen-bond donors (Lipinski definition) is 2. The Morgan fingerprint density at radius 3 is 2.00 bits per heavy atom. The van der Waals surface area contributed by atoms with Gasteiger partial charge < -0.3 is 38.8 Å². The van der Waals surface area contributed by atoms with Crippen LogP contribution in [0.1, 0.15) is 44.8 Å². The van der Waals surface area contributed by atoms with Crippen LogP contribution in [-0.4, -0.2) is 93.9 Å². The lowest BCUT2D eigenvalue weighted by Gasteiger charge is -2.56. The Balaban J connectivity index is 1.10. The van der Waals surface area contributed by atoms with Crippen LogP contribution < -0.4 is 19.5 Å². The summed E-state index contributed by atoms with van der Waals surface area (Å²) in [5.74, 6) is -4.38. The van der Waals surface area contributed by atoms with Crippen LogP contribution in [0, 0.1) is 0 Å². The molecule has 2 aliphatic rings. The Bertz CT molecular complexity index is 2830. The van der Waals surface area contributed by atoms with Crippen molar-refractivity contribution in [2.24, 2.45) is 0 Å². The fourth-order valence-corrected chi connectivity index (χ4v) is 11.2. The zero-order valence-electron chi connectivity index (χ0n) is 38.0. The molecular weight excluding hydrogens is 957 g/mol. The van der Waals surface area contributed by atoms with Gasteiger partial charge in [0.1, 0.15) is 46.5 Å². The molecule has 1 fully saturated rings. The minimum atomic E-state index is -2.07. The number of benzene rings is 5. The standard InChI is InChI=1S/C51H46N4O12S3/c1-62-36-22-18-31(19-23-36)27-65-39-17-11-10-16-38(39)42(46(59)66-28-32-20-24-37(63-2)25-21-32)45(58)52-51(64-3)48(61)55-43(35(29-68-49(51)55)30-69-50-54-53-40(70-50)26-41(56)57)47(60)67-44(33-12-6-4-7-13-33)34-14-8-5-9-15-34/h4-25,42,44,49H,26-30H2,1-3H3,(H,52,58)(H,56,57)/t42?,49-,51-/m0/s1. The first-order valence-corrected chi connectivity index (χ1v) is 24.5. The number of nitrogens with zero attached hydrogens (tertiary/aromatic N) is 3. The maximum atomic E-state index is 14.9. The van der Waals surface area contributed by atoms with Gasteiger partial charge in [0, 0.05) is 24.2 Å². The first kappa shape index (κ1) is 49.2. The molecule has 360 valence electrons. The third kappa shape index (κ3) is 11.0. The maximum absolute atomic E-state index is 14.9. The van der Waals surface area contributed by atoms with Crippen molar-refractivity contribution in [2.45, 2.75) is 47.1 Å². The third-order valence-electron chi connectivity index (χ3n) is 11.3. The molecule has 16 nitrogen and oxygen atoms in total. The molecule has 2 aliphatic heterocycles. The third-order valence-corrected chi connectivity index (χ3v) is 14.8. The van der Waals surface area contributed by atoms with Gasteiger partial charge in [0.05, 0.1) is 20.6 Å². The molecule has 3 heterocycles. The zero-order chi connectivity index (χ0) is 49.2. The van der Waals surface area contributed by atoms with Gasteiger partial charge in [-0.15, -0.1) is 22.0 Å². The minimum absolute atomic E-state index is 0.0527. The van der Waals surface area contributed by atoms with E-state index in [1.807, 2.05) is 72.8 Å². The normalized spacial score (nSPS) is 16.7. The number of carboxylic acids is 1. The number of hydrogen-bond acceptors (Lipinski definition) is 16. The van der Waals surface area contributed by atoms with Gasteiger partial charge in [-0.1, -0.05) is 126 Å². The number of carbonyl (C=O) groups excluding carboxylic acids is 4. The maximum Gasteiger partial charge on any atom is 0.356 e. The number of aromatic nitrogens is 2. The summed E-state index contributed by atoms with van der Waals surface area (Å²) in [6, 6.07) is 39.0. The van der Waals surface area contributed by atoms with Crippen molar-refractivity contribution >= 4 is 64.6 Å². The van der Waals surface area contributed by atoms with Gasteiger partial charge in [0.25, 0.3) is 11.6 Å². The lowest BCUT2D eigenvalue weighted by Crippen LogP contribution is -2.81.